The van der Waals surface area contributed by atoms with E-state index in [-0.39, 0.29) is 25.9 Å². The number of fused-ring (bicyclic) bond motifs is 1. The topological polar surface area (TPSA) is 81.0 Å². The number of nitrogens with zero attached hydrogens (tertiary/aromatic N) is 4. The lowest BCUT2D eigenvalue weighted by molar-refractivity contribution is -0.246. The number of hydrogen-bond donors (Lipinski definition) is 1. The fourth-order valence-electron chi connectivity index (χ4n) is 3.98. The Labute approximate surface area is 186 Å². The van der Waals surface area contributed by atoms with E-state index in [2.05, 4.69) is 15.4 Å². The van der Waals surface area contributed by atoms with Crippen LogP contribution in [0, 0.1) is 0 Å². The third kappa shape index (κ3) is 4.88. The highest BCUT2D eigenvalue weighted by Gasteiger charge is 2.65. The van der Waals surface area contributed by atoms with Crippen molar-refractivity contribution in [3.8, 4) is 0 Å². The van der Waals surface area contributed by atoms with Crippen molar-refractivity contribution in [2.45, 2.75) is 56.0 Å². The van der Waals surface area contributed by atoms with E-state index in [9.17, 15) is 26.7 Å². The van der Waals surface area contributed by atoms with Gasteiger partial charge in [-0.05, 0) is 25.8 Å². The Morgan fingerprint density at radius 1 is 1.30 bits per heavy atom. The average molecular weight is 477 g/mol. The van der Waals surface area contributed by atoms with Crippen LogP contribution in [0.5, 0.6) is 0 Å². The molecule has 3 heterocycles. The van der Waals surface area contributed by atoms with Gasteiger partial charge in [-0.2, -0.15) is 18.3 Å². The van der Waals surface area contributed by atoms with Crippen LogP contribution < -0.4 is 5.32 Å². The number of hydrogen-bond acceptors (Lipinski definition) is 5. The second-order valence-electron chi connectivity index (χ2n) is 8.56. The Balaban J connectivity index is 1.52. The molecule has 2 aromatic rings. The summed E-state index contributed by atoms with van der Waals surface area (Å²) >= 11 is 0. The second kappa shape index (κ2) is 8.35. The van der Waals surface area contributed by atoms with Crippen LogP contribution in [0.2, 0.25) is 0 Å². The largest absolute Gasteiger partial charge is 0.417 e. The number of ether oxygens (including phenoxy) is 2. The van der Waals surface area contributed by atoms with Crippen LogP contribution in [0.1, 0.15) is 37.1 Å². The Hall–Kier alpha value is -2.54. The predicted octanol–water partition coefficient (Wildman–Crippen LogP) is 3.12. The molecule has 1 aliphatic heterocycles. The number of carbonyl (C=O) groups excluding carboxylic acids is 1. The van der Waals surface area contributed by atoms with Gasteiger partial charge in [-0.1, -0.05) is 0 Å². The number of nitrogens with one attached hydrogen (secondary N) is 1. The quantitative estimate of drug-likeness (QED) is 0.591. The molecule has 0 bridgehead atoms. The summed E-state index contributed by atoms with van der Waals surface area (Å²) in [5, 5.41) is 6.40. The van der Waals surface area contributed by atoms with Crippen molar-refractivity contribution in [1.82, 2.24) is 24.8 Å². The number of alkyl halides is 5. The van der Waals surface area contributed by atoms with E-state index in [1.165, 1.54) is 17.8 Å². The van der Waals surface area contributed by atoms with E-state index in [0.29, 0.717) is 16.9 Å². The second-order valence-corrected chi connectivity index (χ2v) is 8.56. The zero-order valence-electron chi connectivity index (χ0n) is 18.0. The zero-order chi connectivity index (χ0) is 24.0. The zero-order valence-corrected chi connectivity index (χ0v) is 18.0. The number of urea groups is 1. The van der Waals surface area contributed by atoms with E-state index in [0.717, 1.165) is 4.90 Å². The highest BCUT2D eigenvalue weighted by atomic mass is 19.4. The summed E-state index contributed by atoms with van der Waals surface area (Å²) in [5.74, 6) is -3.09. The van der Waals surface area contributed by atoms with Gasteiger partial charge in [0.25, 0.3) is 5.92 Å². The molecule has 8 nitrogen and oxygen atoms in total. The van der Waals surface area contributed by atoms with Crippen LogP contribution in [0.4, 0.5) is 26.7 Å². The number of halogens is 5. The first-order valence-electron chi connectivity index (χ1n) is 10.4. The van der Waals surface area contributed by atoms with E-state index in [4.69, 9.17) is 9.47 Å². The Kier molecular flexibility index (Phi) is 5.97. The normalized spacial score (nSPS) is 21.7. The van der Waals surface area contributed by atoms with Gasteiger partial charge in [0.2, 0.25) is 0 Å². The molecule has 0 radical (unpaired) electrons. The van der Waals surface area contributed by atoms with Crippen molar-refractivity contribution < 1.29 is 36.2 Å². The summed E-state index contributed by atoms with van der Waals surface area (Å²) in [6.07, 6.45) is -2.12. The molecular weight excluding hydrogens is 453 g/mol. The summed E-state index contributed by atoms with van der Waals surface area (Å²) in [5.41, 5.74) is -0.804. The molecule has 2 amide bonds. The highest BCUT2D eigenvalue weighted by Crippen LogP contribution is 2.52. The minimum atomic E-state index is -4.41. The summed E-state index contributed by atoms with van der Waals surface area (Å²) in [4.78, 5) is 17.6. The van der Waals surface area contributed by atoms with Gasteiger partial charge in [0.15, 0.2) is 11.2 Å². The van der Waals surface area contributed by atoms with Gasteiger partial charge in [0.05, 0.1) is 49.9 Å². The van der Waals surface area contributed by atoms with Crippen molar-refractivity contribution in [1.29, 1.82) is 0 Å². The van der Waals surface area contributed by atoms with Crippen molar-refractivity contribution in [2.75, 3.05) is 26.8 Å². The van der Waals surface area contributed by atoms with Gasteiger partial charge in [-0.25, -0.2) is 23.1 Å². The Morgan fingerprint density at radius 2 is 2.03 bits per heavy atom. The minimum absolute atomic E-state index is 0.0423. The van der Waals surface area contributed by atoms with Crippen LogP contribution in [0.25, 0.3) is 5.65 Å². The van der Waals surface area contributed by atoms with E-state index < -0.39 is 49.0 Å². The molecule has 1 aliphatic carbocycles. The average Bonchev–Trinajstić information content (AvgIpc) is 3.40. The van der Waals surface area contributed by atoms with Crippen LogP contribution >= 0.6 is 0 Å². The molecule has 33 heavy (non-hydrogen) atoms. The van der Waals surface area contributed by atoms with Crippen LogP contribution in [-0.2, 0) is 15.9 Å². The summed E-state index contributed by atoms with van der Waals surface area (Å²) < 4.78 is 79.1. The monoisotopic (exact) mass is 477 g/mol. The maximum Gasteiger partial charge on any atom is 0.417 e. The molecule has 13 heteroatoms. The van der Waals surface area contributed by atoms with Crippen molar-refractivity contribution in [3.05, 3.63) is 29.7 Å². The van der Waals surface area contributed by atoms with Crippen LogP contribution in [-0.4, -0.2) is 76.1 Å². The van der Waals surface area contributed by atoms with Gasteiger partial charge in [0, 0.05) is 19.1 Å². The first-order chi connectivity index (χ1) is 15.4. The van der Waals surface area contributed by atoms with E-state index in [1.54, 1.807) is 19.2 Å². The third-order valence-corrected chi connectivity index (χ3v) is 5.78. The number of rotatable bonds is 8. The molecule has 2 aliphatic rings. The lowest BCUT2D eigenvalue weighted by Crippen LogP contribution is -2.58. The third-order valence-electron chi connectivity index (χ3n) is 5.78. The number of methoxy groups -OCH3 is 1. The highest BCUT2D eigenvalue weighted by molar-refractivity contribution is 5.76. The van der Waals surface area contributed by atoms with Gasteiger partial charge in [-0.3, -0.25) is 0 Å². The smallest absolute Gasteiger partial charge is 0.382 e. The molecule has 0 aromatic carbocycles. The maximum absolute atomic E-state index is 13.9. The van der Waals surface area contributed by atoms with E-state index in [1.807, 2.05) is 0 Å². The molecule has 2 aromatic heterocycles. The molecule has 0 unspecified atom stereocenters. The fourth-order valence-corrected chi connectivity index (χ4v) is 3.98. The molecule has 2 fully saturated rings. The van der Waals surface area contributed by atoms with Crippen molar-refractivity contribution >= 4 is 11.7 Å². The van der Waals surface area contributed by atoms with Gasteiger partial charge in [0.1, 0.15) is 0 Å². The molecule has 4 rings (SSSR count). The first kappa shape index (κ1) is 23.6. The van der Waals surface area contributed by atoms with Gasteiger partial charge >= 0.3 is 12.2 Å². The summed E-state index contributed by atoms with van der Waals surface area (Å²) in [7, 11) is 1.39. The fraction of sp³-hybridized carbons (Fsp3) is 0.650. The number of aromatic nitrogens is 3. The number of imidazole rings is 1. The van der Waals surface area contributed by atoms with E-state index >= 15 is 0 Å². The first-order valence-corrected chi connectivity index (χ1v) is 10.4. The SMILES string of the molecule is COC[C@H](c1cnn2cc(C[C@@H](C)OC3(C(F)(F)F)CC3)nc2c1)N1CC(F)(F)CNC1=O. The predicted molar refractivity (Wildman–Crippen MR) is 105 cm³/mol. The van der Waals surface area contributed by atoms with Crippen LogP contribution in [0.3, 0.4) is 0 Å². The van der Waals surface area contributed by atoms with Crippen molar-refractivity contribution in [2.24, 2.45) is 0 Å². The number of amides is 2. The Morgan fingerprint density at radius 3 is 2.67 bits per heavy atom. The lowest BCUT2D eigenvalue weighted by Gasteiger charge is -2.38. The molecule has 182 valence electrons. The Bertz CT molecular complexity index is 1020. The minimum Gasteiger partial charge on any atom is -0.382 e. The molecular formula is C20H24F5N5O3. The molecule has 1 saturated heterocycles. The summed E-state index contributed by atoms with van der Waals surface area (Å²) in [6, 6.07) is 0.114. The van der Waals surface area contributed by atoms with Gasteiger partial charge in [-0.15, -0.1) is 0 Å². The van der Waals surface area contributed by atoms with Crippen LogP contribution in [0.15, 0.2) is 18.5 Å². The lowest BCUT2D eigenvalue weighted by atomic mass is 10.1. The maximum atomic E-state index is 13.9. The standard InChI is InChI=1S/C20H24F5N5O3/c1-12(33-18(3-4-18)20(23,24)25)5-14-8-30-16(28-14)6-13(7-27-30)15(9-32-2)29-11-19(21,22)10-26-17(29)31/h6-8,12,15H,3-5,9-11H2,1-2H3,(H,26,31)/t12-,15-/m1/s1. The molecule has 1 saturated carbocycles. The molecule has 0 spiro atoms. The van der Waals surface area contributed by atoms with Gasteiger partial charge < -0.3 is 19.7 Å². The molecule has 2 atom stereocenters. The number of carbonyl (C=O) groups is 1. The molecule has 1 N–H and O–H groups in total. The summed E-state index contributed by atoms with van der Waals surface area (Å²) in [6.45, 7) is 0.00409. The van der Waals surface area contributed by atoms with Crippen molar-refractivity contribution in [3.63, 3.8) is 0 Å².